The van der Waals surface area contributed by atoms with Crippen LogP contribution in [0.5, 0.6) is 11.5 Å². The lowest BCUT2D eigenvalue weighted by Crippen LogP contribution is -2.41. The number of piperidine rings is 1. The summed E-state index contributed by atoms with van der Waals surface area (Å²) in [5.74, 6) is 2.33. The van der Waals surface area contributed by atoms with Crippen molar-refractivity contribution >= 4 is 29.9 Å². The molecule has 0 amide bonds. The number of para-hydroxylation sites is 1. The highest BCUT2D eigenvalue weighted by atomic mass is 127. The Kier molecular flexibility index (Phi) is 12.3. The molecule has 1 fully saturated rings. The summed E-state index contributed by atoms with van der Waals surface area (Å²) in [5.41, 5.74) is 1.01. The van der Waals surface area contributed by atoms with Gasteiger partial charge < -0.3 is 25.0 Å². The van der Waals surface area contributed by atoms with E-state index in [1.165, 1.54) is 25.8 Å². The zero-order chi connectivity index (χ0) is 19.5. The van der Waals surface area contributed by atoms with Gasteiger partial charge in [-0.3, -0.25) is 0 Å². The number of hydrogen-bond acceptors (Lipinski definition) is 4. The van der Waals surface area contributed by atoms with Crippen molar-refractivity contribution in [3.8, 4) is 11.5 Å². The Morgan fingerprint density at radius 3 is 2.71 bits per heavy atom. The predicted molar refractivity (Wildman–Crippen MR) is 127 cm³/mol. The highest BCUT2D eigenvalue weighted by molar-refractivity contribution is 14.0. The fourth-order valence-corrected chi connectivity index (χ4v) is 3.56. The lowest BCUT2D eigenvalue weighted by atomic mass is 10.0. The fraction of sp³-hybridized carbons (Fsp3) is 0.667. The zero-order valence-corrected chi connectivity index (χ0v) is 20.1. The maximum atomic E-state index is 5.49. The number of ether oxygens (including phenoxy) is 2. The van der Waals surface area contributed by atoms with Crippen LogP contribution in [0.4, 0.5) is 0 Å². The molecular weight excluding hydrogens is 467 g/mol. The predicted octanol–water partition coefficient (Wildman–Crippen LogP) is 3.64. The molecular formula is C21H37IN4O2. The zero-order valence-electron chi connectivity index (χ0n) is 17.8. The van der Waals surface area contributed by atoms with Crippen LogP contribution in [-0.4, -0.2) is 57.3 Å². The number of aliphatic imine (C=N–C) groups is 1. The number of benzene rings is 1. The van der Waals surface area contributed by atoms with Crippen LogP contribution < -0.4 is 20.1 Å². The summed E-state index contributed by atoms with van der Waals surface area (Å²) in [7, 11) is 3.32. The van der Waals surface area contributed by atoms with Crippen molar-refractivity contribution in [2.45, 2.75) is 52.1 Å². The molecule has 1 saturated heterocycles. The van der Waals surface area contributed by atoms with E-state index < -0.39 is 0 Å². The summed E-state index contributed by atoms with van der Waals surface area (Å²) >= 11 is 0. The number of methoxy groups -OCH3 is 2. The van der Waals surface area contributed by atoms with E-state index in [0.29, 0.717) is 6.54 Å². The van der Waals surface area contributed by atoms with E-state index >= 15 is 0 Å². The second kappa shape index (κ2) is 13.9. The summed E-state index contributed by atoms with van der Waals surface area (Å²) in [6.45, 7) is 9.12. The highest BCUT2D eigenvalue weighted by Crippen LogP contribution is 2.31. The van der Waals surface area contributed by atoms with Crippen LogP contribution in [0.3, 0.4) is 0 Å². The van der Waals surface area contributed by atoms with Gasteiger partial charge in [-0.25, -0.2) is 4.99 Å². The first-order chi connectivity index (χ1) is 13.2. The second-order valence-corrected chi connectivity index (χ2v) is 7.01. The molecule has 0 spiro atoms. The van der Waals surface area contributed by atoms with E-state index in [4.69, 9.17) is 14.5 Å². The van der Waals surface area contributed by atoms with Gasteiger partial charge in [-0.1, -0.05) is 18.6 Å². The monoisotopic (exact) mass is 504 g/mol. The summed E-state index contributed by atoms with van der Waals surface area (Å²) in [6, 6.07) is 6.61. The van der Waals surface area contributed by atoms with Gasteiger partial charge in [-0.15, -0.1) is 24.0 Å². The first kappa shape index (κ1) is 24.8. The number of guanidine groups is 1. The van der Waals surface area contributed by atoms with Crippen LogP contribution in [0.25, 0.3) is 0 Å². The van der Waals surface area contributed by atoms with Crippen LogP contribution in [0.15, 0.2) is 23.2 Å². The third kappa shape index (κ3) is 7.66. The number of likely N-dealkylation sites (tertiary alicyclic amines) is 1. The third-order valence-electron chi connectivity index (χ3n) is 5.09. The summed E-state index contributed by atoms with van der Waals surface area (Å²) in [4.78, 5) is 7.32. The van der Waals surface area contributed by atoms with Crippen molar-refractivity contribution in [3.63, 3.8) is 0 Å². The quantitative estimate of drug-likeness (QED) is 0.233. The van der Waals surface area contributed by atoms with Crippen molar-refractivity contribution in [2.24, 2.45) is 4.99 Å². The lowest BCUT2D eigenvalue weighted by Gasteiger charge is -2.33. The smallest absolute Gasteiger partial charge is 0.191 e. The summed E-state index contributed by atoms with van der Waals surface area (Å²) in [6.07, 6.45) is 5.17. The van der Waals surface area contributed by atoms with Crippen molar-refractivity contribution in [1.82, 2.24) is 15.5 Å². The van der Waals surface area contributed by atoms with Gasteiger partial charge in [-0.2, -0.15) is 0 Å². The summed E-state index contributed by atoms with van der Waals surface area (Å²) in [5, 5.41) is 6.77. The van der Waals surface area contributed by atoms with E-state index in [-0.39, 0.29) is 24.0 Å². The van der Waals surface area contributed by atoms with Crippen LogP contribution in [0, 0.1) is 0 Å². The number of nitrogens with one attached hydrogen (secondary N) is 2. The van der Waals surface area contributed by atoms with Crippen molar-refractivity contribution in [3.05, 3.63) is 23.8 Å². The van der Waals surface area contributed by atoms with Crippen molar-refractivity contribution in [1.29, 1.82) is 0 Å². The molecule has 160 valence electrons. The van der Waals surface area contributed by atoms with E-state index in [1.807, 2.05) is 18.2 Å². The van der Waals surface area contributed by atoms with E-state index in [2.05, 4.69) is 29.4 Å². The minimum absolute atomic E-state index is 0. The minimum atomic E-state index is 0. The minimum Gasteiger partial charge on any atom is -0.493 e. The largest absolute Gasteiger partial charge is 0.493 e. The maximum absolute atomic E-state index is 5.49. The molecule has 0 saturated carbocycles. The molecule has 0 aromatic heterocycles. The Labute approximate surface area is 187 Å². The molecule has 1 aromatic rings. The fourth-order valence-electron chi connectivity index (χ4n) is 3.56. The van der Waals surface area contributed by atoms with Crippen LogP contribution >= 0.6 is 24.0 Å². The Bertz CT molecular complexity index is 598. The molecule has 6 nitrogen and oxygen atoms in total. The Morgan fingerprint density at radius 2 is 2.04 bits per heavy atom. The van der Waals surface area contributed by atoms with Crippen molar-refractivity contribution < 1.29 is 9.47 Å². The van der Waals surface area contributed by atoms with Gasteiger partial charge in [0.1, 0.15) is 0 Å². The molecule has 1 aromatic carbocycles. The molecule has 0 radical (unpaired) electrons. The topological polar surface area (TPSA) is 58.1 Å². The molecule has 1 heterocycles. The molecule has 1 unspecified atom stereocenters. The van der Waals surface area contributed by atoms with Crippen LogP contribution in [0.2, 0.25) is 0 Å². The molecule has 1 aliphatic rings. The number of nitrogens with zero attached hydrogens (tertiary/aromatic N) is 2. The van der Waals surface area contributed by atoms with Gasteiger partial charge in [0, 0.05) is 31.2 Å². The van der Waals surface area contributed by atoms with Crippen LogP contribution in [0.1, 0.15) is 45.1 Å². The van der Waals surface area contributed by atoms with E-state index in [9.17, 15) is 0 Å². The first-order valence-electron chi connectivity index (χ1n) is 10.2. The van der Waals surface area contributed by atoms with E-state index in [1.54, 1.807) is 14.2 Å². The van der Waals surface area contributed by atoms with Crippen LogP contribution in [-0.2, 0) is 6.54 Å². The van der Waals surface area contributed by atoms with E-state index in [0.717, 1.165) is 55.1 Å². The molecule has 1 atom stereocenters. The van der Waals surface area contributed by atoms with Gasteiger partial charge in [0.25, 0.3) is 0 Å². The van der Waals surface area contributed by atoms with Gasteiger partial charge in [-0.05, 0) is 45.7 Å². The third-order valence-corrected chi connectivity index (χ3v) is 5.09. The first-order valence-corrected chi connectivity index (χ1v) is 10.2. The Morgan fingerprint density at radius 1 is 1.21 bits per heavy atom. The molecule has 7 heteroatoms. The average Bonchev–Trinajstić information content (AvgIpc) is 2.69. The van der Waals surface area contributed by atoms with Gasteiger partial charge in [0.05, 0.1) is 20.8 Å². The average molecular weight is 504 g/mol. The Balaban J connectivity index is 0.00000392. The normalized spacial score (nSPS) is 17.6. The van der Waals surface area contributed by atoms with Crippen molar-refractivity contribution in [2.75, 3.05) is 40.4 Å². The second-order valence-electron chi connectivity index (χ2n) is 7.01. The SMILES string of the molecule is CCNC(=NCc1cccc(OC)c1OC)NCCCN1CCCCC1C.I. The van der Waals surface area contributed by atoms with Gasteiger partial charge >= 0.3 is 0 Å². The maximum Gasteiger partial charge on any atom is 0.191 e. The number of rotatable bonds is 9. The molecule has 0 bridgehead atoms. The van der Waals surface area contributed by atoms with Gasteiger partial charge in [0.15, 0.2) is 17.5 Å². The van der Waals surface area contributed by atoms with Gasteiger partial charge in [0.2, 0.25) is 0 Å². The number of hydrogen-bond donors (Lipinski definition) is 2. The summed E-state index contributed by atoms with van der Waals surface area (Å²) < 4.78 is 10.9. The lowest BCUT2D eigenvalue weighted by molar-refractivity contribution is 0.159. The molecule has 1 aliphatic heterocycles. The molecule has 2 N–H and O–H groups in total. The number of halogens is 1. The highest BCUT2D eigenvalue weighted by Gasteiger charge is 2.17. The molecule has 0 aliphatic carbocycles. The molecule has 2 rings (SSSR count). The standard InChI is InChI=1S/C21H36N4O2.HI/c1-5-22-21(23-13-9-15-25-14-7-6-10-17(25)2)24-16-18-11-8-12-19(26-3)20(18)27-4;/h8,11-12,17H,5-7,9-10,13-16H2,1-4H3,(H2,22,23,24);1H. The molecule has 28 heavy (non-hydrogen) atoms. The Hall–Kier alpha value is -1.22.